The van der Waals surface area contributed by atoms with Gasteiger partial charge in [0.15, 0.2) is 0 Å². The van der Waals surface area contributed by atoms with Crippen LogP contribution in [0.1, 0.15) is 68.0 Å². The van der Waals surface area contributed by atoms with Crippen molar-refractivity contribution in [1.82, 2.24) is 9.97 Å². The minimum Gasteiger partial charge on any atom is -0.392 e. The van der Waals surface area contributed by atoms with E-state index >= 15 is 0 Å². The lowest BCUT2D eigenvalue weighted by Gasteiger charge is -2.14. The van der Waals surface area contributed by atoms with Crippen molar-refractivity contribution in [3.63, 3.8) is 0 Å². The van der Waals surface area contributed by atoms with Gasteiger partial charge < -0.3 is 5.11 Å². The van der Waals surface area contributed by atoms with Crippen molar-refractivity contribution in [3.05, 3.63) is 23.3 Å². The second-order valence-electron chi connectivity index (χ2n) is 4.79. The third-order valence-electron chi connectivity index (χ3n) is 3.51. The summed E-state index contributed by atoms with van der Waals surface area (Å²) in [4.78, 5) is 8.14. The van der Waals surface area contributed by atoms with E-state index in [1.54, 1.807) is 0 Å². The molecule has 5 heteroatoms. The van der Waals surface area contributed by atoms with Crippen LogP contribution in [0.4, 0.5) is 8.78 Å². The number of aliphatic hydroxyl groups excluding tert-OH is 1. The van der Waals surface area contributed by atoms with Gasteiger partial charge in [-0.05, 0) is 12.8 Å². The highest BCUT2D eigenvalue weighted by atomic mass is 19.3. The van der Waals surface area contributed by atoms with Gasteiger partial charge in [0, 0.05) is 17.7 Å². The summed E-state index contributed by atoms with van der Waals surface area (Å²) in [5, 5.41) is 9.00. The highest BCUT2D eigenvalue weighted by Crippen LogP contribution is 2.31. The fourth-order valence-electron chi connectivity index (χ4n) is 2.48. The summed E-state index contributed by atoms with van der Waals surface area (Å²) < 4.78 is 25.7. The minimum atomic E-state index is -2.65. The molecule has 0 radical (unpaired) electrons. The van der Waals surface area contributed by atoms with Gasteiger partial charge in [-0.2, -0.15) is 0 Å². The van der Waals surface area contributed by atoms with E-state index in [0.717, 1.165) is 25.7 Å². The van der Waals surface area contributed by atoms with Crippen LogP contribution >= 0.6 is 0 Å². The molecular weight excluding hydrogens is 238 g/mol. The van der Waals surface area contributed by atoms with Gasteiger partial charge in [-0.15, -0.1) is 0 Å². The number of aliphatic hydroxyl groups is 1. The highest BCUT2D eigenvalue weighted by molar-refractivity contribution is 5.19. The zero-order chi connectivity index (χ0) is 13.0. The van der Waals surface area contributed by atoms with Crippen LogP contribution in [-0.4, -0.2) is 15.1 Å². The lowest BCUT2D eigenvalue weighted by atomic mass is 9.99. The average molecular weight is 256 g/mol. The molecule has 0 aliphatic heterocycles. The molecule has 0 aromatic carbocycles. The van der Waals surface area contributed by atoms with Crippen LogP contribution < -0.4 is 0 Å². The zero-order valence-corrected chi connectivity index (χ0v) is 10.3. The third-order valence-corrected chi connectivity index (χ3v) is 3.51. The van der Waals surface area contributed by atoms with Gasteiger partial charge in [0.05, 0.1) is 6.61 Å². The van der Waals surface area contributed by atoms with Crippen molar-refractivity contribution >= 4 is 0 Å². The summed E-state index contributed by atoms with van der Waals surface area (Å²) in [7, 11) is 0. The average Bonchev–Trinajstić information content (AvgIpc) is 2.66. The van der Waals surface area contributed by atoms with Crippen LogP contribution in [0, 0.1) is 0 Å². The first-order valence-electron chi connectivity index (χ1n) is 6.47. The fraction of sp³-hybridized carbons (Fsp3) is 0.692. The first kappa shape index (κ1) is 13.3. The lowest BCUT2D eigenvalue weighted by molar-refractivity contribution is 0.140. The molecule has 1 heterocycles. The number of hydrogen-bond donors (Lipinski definition) is 1. The molecule has 0 atom stereocenters. The number of nitrogens with zero attached hydrogens (tertiary/aromatic N) is 2. The predicted molar refractivity (Wildman–Crippen MR) is 63.4 cm³/mol. The molecule has 0 bridgehead atoms. The van der Waals surface area contributed by atoms with Crippen LogP contribution in [0.3, 0.4) is 0 Å². The minimum absolute atomic E-state index is 0.127. The Bertz CT molecular complexity index is 391. The van der Waals surface area contributed by atoms with E-state index < -0.39 is 13.0 Å². The smallest absolute Gasteiger partial charge is 0.280 e. The monoisotopic (exact) mass is 256 g/mol. The van der Waals surface area contributed by atoms with Crippen LogP contribution in [0.15, 0.2) is 6.20 Å². The SMILES string of the molecule is OCc1cnc(C2CCCCCC2)nc1C(F)F. The van der Waals surface area contributed by atoms with Crippen LogP contribution in [-0.2, 0) is 6.61 Å². The van der Waals surface area contributed by atoms with Gasteiger partial charge in [-0.3, -0.25) is 0 Å². The molecule has 1 fully saturated rings. The molecule has 100 valence electrons. The summed E-state index contributed by atoms with van der Waals surface area (Å²) in [5.74, 6) is 0.710. The number of rotatable bonds is 3. The fourth-order valence-corrected chi connectivity index (χ4v) is 2.48. The molecule has 1 saturated carbocycles. The number of halogens is 2. The molecule has 1 aromatic rings. The van der Waals surface area contributed by atoms with E-state index in [4.69, 9.17) is 5.11 Å². The van der Waals surface area contributed by atoms with Crippen LogP contribution in [0.25, 0.3) is 0 Å². The van der Waals surface area contributed by atoms with Crippen molar-refractivity contribution in [1.29, 1.82) is 0 Å². The van der Waals surface area contributed by atoms with Crippen molar-refractivity contribution < 1.29 is 13.9 Å². The Morgan fingerprint density at radius 1 is 1.22 bits per heavy atom. The predicted octanol–water partition coefficient (Wildman–Crippen LogP) is 3.34. The van der Waals surface area contributed by atoms with Gasteiger partial charge in [-0.25, -0.2) is 18.7 Å². The molecule has 3 nitrogen and oxygen atoms in total. The Labute approximate surface area is 105 Å². The number of hydrogen-bond acceptors (Lipinski definition) is 3. The standard InChI is InChI=1S/C13H18F2N2O/c14-12(15)11-10(8-18)7-16-13(17-11)9-5-3-1-2-4-6-9/h7,9,12,18H,1-6,8H2. The van der Waals surface area contributed by atoms with E-state index in [9.17, 15) is 8.78 Å². The molecule has 1 aromatic heterocycles. The van der Waals surface area contributed by atoms with E-state index in [2.05, 4.69) is 9.97 Å². The largest absolute Gasteiger partial charge is 0.392 e. The van der Waals surface area contributed by atoms with Crippen molar-refractivity contribution in [3.8, 4) is 0 Å². The molecule has 0 saturated heterocycles. The molecule has 0 amide bonds. The van der Waals surface area contributed by atoms with Crippen LogP contribution in [0.5, 0.6) is 0 Å². The first-order valence-corrected chi connectivity index (χ1v) is 6.47. The molecule has 2 rings (SSSR count). The molecule has 1 N–H and O–H groups in total. The third kappa shape index (κ3) is 3.02. The van der Waals surface area contributed by atoms with Gasteiger partial charge in [0.25, 0.3) is 6.43 Å². The zero-order valence-electron chi connectivity index (χ0n) is 10.3. The van der Waals surface area contributed by atoms with E-state index in [-0.39, 0.29) is 17.2 Å². The van der Waals surface area contributed by atoms with Gasteiger partial charge >= 0.3 is 0 Å². The summed E-state index contributed by atoms with van der Waals surface area (Å²) >= 11 is 0. The Balaban J connectivity index is 2.24. The maximum absolute atomic E-state index is 12.8. The second kappa shape index (κ2) is 6.18. The Morgan fingerprint density at radius 3 is 2.44 bits per heavy atom. The van der Waals surface area contributed by atoms with Crippen LogP contribution in [0.2, 0.25) is 0 Å². The van der Waals surface area contributed by atoms with E-state index in [0.29, 0.717) is 5.82 Å². The molecule has 1 aliphatic carbocycles. The maximum atomic E-state index is 12.8. The van der Waals surface area contributed by atoms with Crippen molar-refractivity contribution in [2.24, 2.45) is 0 Å². The van der Waals surface area contributed by atoms with Gasteiger partial charge in [0.1, 0.15) is 11.5 Å². The van der Waals surface area contributed by atoms with Crippen molar-refractivity contribution in [2.75, 3.05) is 0 Å². The number of alkyl halides is 2. The van der Waals surface area contributed by atoms with Gasteiger partial charge in [-0.1, -0.05) is 25.7 Å². The highest BCUT2D eigenvalue weighted by Gasteiger charge is 2.21. The molecule has 0 unspecified atom stereocenters. The Hall–Kier alpha value is -1.10. The Morgan fingerprint density at radius 2 is 1.89 bits per heavy atom. The van der Waals surface area contributed by atoms with E-state index in [1.807, 2.05) is 0 Å². The molecule has 0 spiro atoms. The van der Waals surface area contributed by atoms with Gasteiger partial charge in [0.2, 0.25) is 0 Å². The summed E-state index contributed by atoms with van der Waals surface area (Å²) in [6, 6.07) is 0. The first-order chi connectivity index (χ1) is 8.72. The topological polar surface area (TPSA) is 46.0 Å². The quantitative estimate of drug-likeness (QED) is 0.844. The Kier molecular flexibility index (Phi) is 4.58. The summed E-state index contributed by atoms with van der Waals surface area (Å²) in [5.41, 5.74) is -0.186. The summed E-state index contributed by atoms with van der Waals surface area (Å²) in [6.45, 7) is -0.440. The maximum Gasteiger partial charge on any atom is 0.280 e. The molecular formula is C13H18F2N2O. The normalized spacial score (nSPS) is 18.0. The second-order valence-corrected chi connectivity index (χ2v) is 4.79. The summed E-state index contributed by atoms with van der Waals surface area (Å²) in [6.07, 6.45) is 5.26. The van der Waals surface area contributed by atoms with E-state index in [1.165, 1.54) is 19.0 Å². The molecule has 1 aliphatic rings. The van der Waals surface area contributed by atoms with Crippen molar-refractivity contribution in [2.45, 2.75) is 57.5 Å². The lowest BCUT2D eigenvalue weighted by Crippen LogP contribution is -2.09. The molecule has 18 heavy (non-hydrogen) atoms. The number of aromatic nitrogens is 2.